The Morgan fingerprint density at radius 3 is 2.50 bits per heavy atom. The van der Waals surface area contributed by atoms with E-state index in [4.69, 9.17) is 5.10 Å². The zero-order chi connectivity index (χ0) is 23.5. The first-order valence-corrected chi connectivity index (χ1v) is 11.0. The van der Waals surface area contributed by atoms with E-state index in [-0.39, 0.29) is 23.4 Å². The van der Waals surface area contributed by atoms with Crippen molar-refractivity contribution < 1.29 is 14.4 Å². The number of imide groups is 1. The molecule has 1 atom stereocenters. The number of amides is 4. The molecular weight excluding hydrogens is 406 g/mol. The van der Waals surface area contributed by atoms with Crippen molar-refractivity contribution in [2.45, 2.75) is 70.9 Å². The minimum Gasteiger partial charge on any atom is -0.319 e. The van der Waals surface area contributed by atoms with Crippen molar-refractivity contribution in [1.82, 2.24) is 20.0 Å². The number of hydrogen-bond acceptors (Lipinski definition) is 4. The standard InChI is InChI=1S/C24H31N5O3/c1-22(2,3)17-13-18(29(27-17)23(4,5)6)25-19(30)14-28-20(31)24(26-21(28)32)12-11-15-9-7-8-10-16(15)24/h7-10,13H,11-12,14H2,1-6H3,(H,25,30)(H,26,32). The number of carbonyl (C=O) groups is 3. The van der Waals surface area contributed by atoms with E-state index in [1.807, 2.05) is 51.1 Å². The molecule has 1 spiro atoms. The van der Waals surface area contributed by atoms with Gasteiger partial charge in [-0.2, -0.15) is 5.10 Å². The number of aromatic nitrogens is 2. The van der Waals surface area contributed by atoms with E-state index in [0.29, 0.717) is 18.7 Å². The highest BCUT2D eigenvalue weighted by Gasteiger charge is 2.55. The molecule has 8 nitrogen and oxygen atoms in total. The van der Waals surface area contributed by atoms with E-state index in [2.05, 4.69) is 31.4 Å². The van der Waals surface area contributed by atoms with Gasteiger partial charge in [-0.3, -0.25) is 14.5 Å². The Morgan fingerprint density at radius 1 is 1.16 bits per heavy atom. The monoisotopic (exact) mass is 437 g/mol. The van der Waals surface area contributed by atoms with Gasteiger partial charge in [-0.1, -0.05) is 45.0 Å². The Labute approximate surface area is 188 Å². The second-order valence-electron chi connectivity index (χ2n) is 10.7. The molecule has 32 heavy (non-hydrogen) atoms. The fourth-order valence-corrected chi connectivity index (χ4v) is 4.41. The van der Waals surface area contributed by atoms with E-state index in [1.165, 1.54) is 0 Å². The van der Waals surface area contributed by atoms with Gasteiger partial charge in [-0.25, -0.2) is 9.48 Å². The normalized spacial score (nSPS) is 20.6. The maximum Gasteiger partial charge on any atom is 0.325 e. The van der Waals surface area contributed by atoms with Crippen molar-refractivity contribution in [2.24, 2.45) is 0 Å². The van der Waals surface area contributed by atoms with Gasteiger partial charge in [0.2, 0.25) is 5.91 Å². The van der Waals surface area contributed by atoms with Crippen molar-refractivity contribution in [2.75, 3.05) is 11.9 Å². The average Bonchev–Trinajstić information content (AvgIpc) is 3.34. The quantitative estimate of drug-likeness (QED) is 0.721. The lowest BCUT2D eigenvalue weighted by atomic mass is 9.92. The number of nitrogens with zero attached hydrogens (tertiary/aromatic N) is 3. The lowest BCUT2D eigenvalue weighted by Crippen LogP contribution is -2.43. The molecule has 0 radical (unpaired) electrons. The lowest BCUT2D eigenvalue weighted by Gasteiger charge is -2.23. The Hall–Kier alpha value is -3.16. The maximum absolute atomic E-state index is 13.3. The molecular formula is C24H31N5O3. The van der Waals surface area contributed by atoms with Crippen LogP contribution in [-0.2, 0) is 32.5 Å². The summed E-state index contributed by atoms with van der Waals surface area (Å²) < 4.78 is 1.77. The SMILES string of the molecule is CC(C)(C)c1cc(NC(=O)CN2C(=O)NC3(CCc4ccccc43)C2=O)n(C(C)(C)C)n1. The van der Waals surface area contributed by atoms with E-state index in [0.717, 1.165) is 21.7 Å². The number of aryl methyl sites for hydroxylation is 1. The van der Waals surface area contributed by atoms with Gasteiger partial charge in [-0.15, -0.1) is 0 Å². The number of hydrogen-bond donors (Lipinski definition) is 2. The molecule has 1 unspecified atom stereocenters. The smallest absolute Gasteiger partial charge is 0.319 e. The van der Waals surface area contributed by atoms with Crippen LogP contribution in [0, 0.1) is 0 Å². The van der Waals surface area contributed by atoms with Gasteiger partial charge in [0.25, 0.3) is 5.91 Å². The van der Waals surface area contributed by atoms with Crippen LogP contribution in [0.3, 0.4) is 0 Å². The molecule has 1 fully saturated rings. The largest absolute Gasteiger partial charge is 0.325 e. The molecule has 0 bridgehead atoms. The summed E-state index contributed by atoms with van der Waals surface area (Å²) >= 11 is 0. The first-order chi connectivity index (χ1) is 14.8. The van der Waals surface area contributed by atoms with Gasteiger partial charge in [-0.05, 0) is 44.7 Å². The van der Waals surface area contributed by atoms with Gasteiger partial charge >= 0.3 is 6.03 Å². The molecule has 170 valence electrons. The highest BCUT2D eigenvalue weighted by molar-refractivity contribution is 6.10. The van der Waals surface area contributed by atoms with Crippen LogP contribution >= 0.6 is 0 Å². The average molecular weight is 438 g/mol. The summed E-state index contributed by atoms with van der Waals surface area (Å²) in [5.41, 5.74) is 1.10. The highest BCUT2D eigenvalue weighted by Crippen LogP contribution is 2.41. The number of fused-ring (bicyclic) bond motifs is 2. The zero-order valence-electron chi connectivity index (χ0n) is 19.6. The fourth-order valence-electron chi connectivity index (χ4n) is 4.41. The molecule has 1 aromatic heterocycles. The number of rotatable bonds is 3. The molecule has 2 aliphatic rings. The summed E-state index contributed by atoms with van der Waals surface area (Å²) in [6.07, 6.45) is 1.21. The van der Waals surface area contributed by atoms with Gasteiger partial charge < -0.3 is 10.6 Å². The van der Waals surface area contributed by atoms with Crippen molar-refractivity contribution in [3.05, 3.63) is 47.2 Å². The van der Waals surface area contributed by atoms with E-state index >= 15 is 0 Å². The summed E-state index contributed by atoms with van der Waals surface area (Å²) in [7, 11) is 0. The second kappa shape index (κ2) is 7.18. The van der Waals surface area contributed by atoms with Crippen LogP contribution in [0.4, 0.5) is 10.6 Å². The number of nitrogens with one attached hydrogen (secondary N) is 2. The molecule has 2 heterocycles. The Balaban J connectivity index is 1.55. The zero-order valence-corrected chi connectivity index (χ0v) is 19.6. The van der Waals surface area contributed by atoms with Crippen LogP contribution in [0.15, 0.2) is 30.3 Å². The lowest BCUT2D eigenvalue weighted by molar-refractivity contribution is -0.134. The van der Waals surface area contributed by atoms with Crippen LogP contribution in [0.1, 0.15) is 64.8 Å². The van der Waals surface area contributed by atoms with Gasteiger partial charge in [0, 0.05) is 11.5 Å². The molecule has 1 aliphatic carbocycles. The first-order valence-electron chi connectivity index (χ1n) is 11.0. The first kappa shape index (κ1) is 22.0. The molecule has 2 aromatic rings. The van der Waals surface area contributed by atoms with E-state index in [9.17, 15) is 14.4 Å². The Kier molecular flexibility index (Phi) is 4.95. The van der Waals surface area contributed by atoms with Gasteiger partial charge in [0.15, 0.2) is 0 Å². The van der Waals surface area contributed by atoms with Crippen molar-refractivity contribution in [3.63, 3.8) is 0 Å². The minimum absolute atomic E-state index is 0.191. The van der Waals surface area contributed by atoms with Crippen LogP contribution in [0.2, 0.25) is 0 Å². The van der Waals surface area contributed by atoms with E-state index < -0.39 is 17.5 Å². The Morgan fingerprint density at radius 2 is 1.84 bits per heavy atom. The van der Waals surface area contributed by atoms with E-state index in [1.54, 1.807) is 4.68 Å². The molecule has 0 saturated carbocycles. The van der Waals surface area contributed by atoms with Crippen LogP contribution in [0.25, 0.3) is 0 Å². The predicted molar refractivity (Wildman–Crippen MR) is 121 cm³/mol. The summed E-state index contributed by atoms with van der Waals surface area (Å²) in [5.74, 6) is -0.273. The summed E-state index contributed by atoms with van der Waals surface area (Å²) in [6.45, 7) is 11.8. The number of urea groups is 1. The van der Waals surface area contributed by atoms with Crippen molar-refractivity contribution in [1.29, 1.82) is 0 Å². The summed E-state index contributed by atoms with van der Waals surface area (Å²) in [6, 6.07) is 8.94. The molecule has 1 saturated heterocycles. The molecule has 4 amide bonds. The fraction of sp³-hybridized carbons (Fsp3) is 0.500. The Bertz CT molecular complexity index is 1110. The molecule has 2 N–H and O–H groups in total. The highest BCUT2D eigenvalue weighted by atomic mass is 16.2. The predicted octanol–water partition coefficient (Wildman–Crippen LogP) is 3.27. The van der Waals surface area contributed by atoms with Crippen LogP contribution in [-0.4, -0.2) is 39.1 Å². The molecule has 1 aromatic carbocycles. The molecule has 4 rings (SSSR count). The number of anilines is 1. The third-order valence-electron chi connectivity index (χ3n) is 6.10. The van der Waals surface area contributed by atoms with Crippen molar-refractivity contribution in [3.8, 4) is 0 Å². The topological polar surface area (TPSA) is 96.3 Å². The third-order valence-corrected chi connectivity index (χ3v) is 6.10. The molecule has 8 heteroatoms. The second-order valence-corrected chi connectivity index (χ2v) is 10.7. The van der Waals surface area contributed by atoms with Gasteiger partial charge in [0.1, 0.15) is 17.9 Å². The van der Waals surface area contributed by atoms with Crippen LogP contribution < -0.4 is 10.6 Å². The van der Waals surface area contributed by atoms with Crippen LogP contribution in [0.5, 0.6) is 0 Å². The molecule has 1 aliphatic heterocycles. The van der Waals surface area contributed by atoms with Gasteiger partial charge in [0.05, 0.1) is 11.2 Å². The third kappa shape index (κ3) is 3.57. The number of carbonyl (C=O) groups excluding carboxylic acids is 3. The summed E-state index contributed by atoms with van der Waals surface area (Å²) in [5, 5.41) is 10.4. The van der Waals surface area contributed by atoms with Crippen molar-refractivity contribution >= 4 is 23.7 Å². The maximum atomic E-state index is 13.3. The minimum atomic E-state index is -1.07. The summed E-state index contributed by atoms with van der Waals surface area (Å²) in [4.78, 5) is 39.9. The number of benzene rings is 1.